The summed E-state index contributed by atoms with van der Waals surface area (Å²) in [5.41, 5.74) is 7.90. The lowest BCUT2D eigenvalue weighted by Crippen LogP contribution is -2.46. The molecule has 5 heteroatoms. The van der Waals surface area contributed by atoms with Gasteiger partial charge in [-0.25, -0.2) is 4.39 Å². The molecule has 23 heavy (non-hydrogen) atoms. The number of amides is 2. The van der Waals surface area contributed by atoms with Crippen LogP contribution in [0.1, 0.15) is 16.7 Å². The third-order valence-corrected chi connectivity index (χ3v) is 3.45. The van der Waals surface area contributed by atoms with Crippen molar-refractivity contribution in [1.29, 1.82) is 0 Å². The molecule has 3 N–H and O–H groups in total. The van der Waals surface area contributed by atoms with E-state index in [1.165, 1.54) is 18.2 Å². The Kier molecular flexibility index (Phi) is 5.46. The van der Waals surface area contributed by atoms with Crippen LogP contribution in [0.15, 0.2) is 48.5 Å². The number of rotatable bonds is 6. The van der Waals surface area contributed by atoms with Gasteiger partial charge in [0.05, 0.1) is 6.42 Å². The van der Waals surface area contributed by atoms with Gasteiger partial charge < -0.3 is 11.1 Å². The standard InChI is InChI=1S/C18H19FN2O2/c1-12-4-2-5-13(8-12)10-16(18(20)23)21-17(22)11-14-6-3-7-15(19)9-14/h2-9,16H,10-11H2,1H3,(H2,20,23)(H,21,22)/t16-/m0/s1. The molecule has 0 aliphatic rings. The van der Waals surface area contributed by atoms with Crippen LogP contribution in [0.3, 0.4) is 0 Å². The highest BCUT2D eigenvalue weighted by molar-refractivity contribution is 5.87. The van der Waals surface area contributed by atoms with Gasteiger partial charge in [-0.3, -0.25) is 9.59 Å². The molecule has 2 aromatic carbocycles. The van der Waals surface area contributed by atoms with Crippen molar-refractivity contribution < 1.29 is 14.0 Å². The van der Waals surface area contributed by atoms with Gasteiger partial charge in [0.1, 0.15) is 11.9 Å². The smallest absolute Gasteiger partial charge is 0.240 e. The summed E-state index contributed by atoms with van der Waals surface area (Å²) >= 11 is 0. The molecule has 0 radical (unpaired) electrons. The SMILES string of the molecule is Cc1cccc(C[C@H](NC(=O)Cc2cccc(F)c2)C(N)=O)c1. The summed E-state index contributed by atoms with van der Waals surface area (Å²) in [6.07, 6.45) is 0.321. The molecule has 0 aliphatic carbocycles. The van der Waals surface area contributed by atoms with Crippen LogP contribution < -0.4 is 11.1 Å². The molecule has 2 amide bonds. The van der Waals surface area contributed by atoms with Crippen LogP contribution in [0.5, 0.6) is 0 Å². The van der Waals surface area contributed by atoms with Crippen LogP contribution in [0.2, 0.25) is 0 Å². The zero-order valence-electron chi connectivity index (χ0n) is 12.9. The van der Waals surface area contributed by atoms with Crippen LogP contribution in [0.25, 0.3) is 0 Å². The summed E-state index contributed by atoms with van der Waals surface area (Å²) in [6, 6.07) is 12.7. The molecule has 0 heterocycles. The Morgan fingerprint density at radius 3 is 2.48 bits per heavy atom. The zero-order valence-corrected chi connectivity index (χ0v) is 12.9. The first kappa shape index (κ1) is 16.7. The van der Waals surface area contributed by atoms with Crippen LogP contribution in [0, 0.1) is 12.7 Å². The first-order valence-corrected chi connectivity index (χ1v) is 7.32. The summed E-state index contributed by atoms with van der Waals surface area (Å²) in [5, 5.41) is 2.62. The van der Waals surface area contributed by atoms with Gasteiger partial charge in [-0.05, 0) is 30.2 Å². The van der Waals surface area contributed by atoms with Gasteiger partial charge >= 0.3 is 0 Å². The van der Waals surface area contributed by atoms with E-state index in [0.29, 0.717) is 12.0 Å². The summed E-state index contributed by atoms with van der Waals surface area (Å²) in [5.74, 6) is -1.37. The average molecular weight is 314 g/mol. The molecule has 0 saturated heterocycles. The monoisotopic (exact) mass is 314 g/mol. The molecular weight excluding hydrogens is 295 g/mol. The predicted octanol–water partition coefficient (Wildman–Crippen LogP) is 1.89. The molecule has 0 fully saturated rings. The Morgan fingerprint density at radius 1 is 1.13 bits per heavy atom. The molecule has 4 nitrogen and oxygen atoms in total. The number of primary amides is 1. The van der Waals surface area contributed by atoms with Crippen molar-refractivity contribution >= 4 is 11.8 Å². The van der Waals surface area contributed by atoms with E-state index < -0.39 is 17.8 Å². The molecule has 0 saturated carbocycles. The van der Waals surface area contributed by atoms with E-state index >= 15 is 0 Å². The van der Waals surface area contributed by atoms with Gasteiger partial charge in [0, 0.05) is 6.42 Å². The minimum absolute atomic E-state index is 0.00461. The molecule has 0 aliphatic heterocycles. The number of benzene rings is 2. The molecule has 0 unspecified atom stereocenters. The lowest BCUT2D eigenvalue weighted by Gasteiger charge is -2.16. The maximum Gasteiger partial charge on any atom is 0.240 e. The first-order valence-electron chi connectivity index (χ1n) is 7.32. The van der Waals surface area contributed by atoms with E-state index in [1.54, 1.807) is 6.07 Å². The number of halogens is 1. The van der Waals surface area contributed by atoms with Gasteiger partial charge in [-0.2, -0.15) is 0 Å². The second-order valence-electron chi connectivity index (χ2n) is 5.52. The summed E-state index contributed by atoms with van der Waals surface area (Å²) in [6.45, 7) is 1.95. The minimum Gasteiger partial charge on any atom is -0.368 e. The third-order valence-electron chi connectivity index (χ3n) is 3.45. The summed E-state index contributed by atoms with van der Waals surface area (Å²) in [4.78, 5) is 23.6. The van der Waals surface area contributed by atoms with Gasteiger partial charge in [-0.1, -0.05) is 42.0 Å². The van der Waals surface area contributed by atoms with E-state index in [-0.39, 0.29) is 12.3 Å². The molecule has 1 atom stereocenters. The second-order valence-corrected chi connectivity index (χ2v) is 5.52. The lowest BCUT2D eigenvalue weighted by atomic mass is 10.0. The van der Waals surface area contributed by atoms with Crippen LogP contribution >= 0.6 is 0 Å². The zero-order chi connectivity index (χ0) is 16.8. The number of nitrogens with two attached hydrogens (primary N) is 1. The highest BCUT2D eigenvalue weighted by atomic mass is 19.1. The van der Waals surface area contributed by atoms with E-state index in [4.69, 9.17) is 5.73 Å². The number of hydrogen-bond donors (Lipinski definition) is 2. The van der Waals surface area contributed by atoms with Gasteiger partial charge in [0.2, 0.25) is 11.8 Å². The number of carbonyl (C=O) groups excluding carboxylic acids is 2. The molecule has 2 aromatic rings. The maximum absolute atomic E-state index is 13.1. The fourth-order valence-electron chi connectivity index (χ4n) is 2.38. The number of nitrogens with one attached hydrogen (secondary N) is 1. The van der Waals surface area contributed by atoms with Gasteiger partial charge in [-0.15, -0.1) is 0 Å². The maximum atomic E-state index is 13.1. The lowest BCUT2D eigenvalue weighted by molar-refractivity contribution is -0.127. The third kappa shape index (κ3) is 5.21. The minimum atomic E-state index is -0.794. The molecule has 0 aromatic heterocycles. The first-order chi connectivity index (χ1) is 10.9. The largest absolute Gasteiger partial charge is 0.368 e. The van der Waals surface area contributed by atoms with E-state index in [9.17, 15) is 14.0 Å². The molecule has 120 valence electrons. The van der Waals surface area contributed by atoms with Crippen LogP contribution in [0.4, 0.5) is 4.39 Å². The molecular formula is C18H19FN2O2. The highest BCUT2D eigenvalue weighted by Crippen LogP contribution is 2.08. The molecule has 0 bridgehead atoms. The number of aryl methyl sites for hydroxylation is 1. The van der Waals surface area contributed by atoms with Gasteiger partial charge in [0.25, 0.3) is 0 Å². The van der Waals surface area contributed by atoms with Crippen molar-refractivity contribution in [3.63, 3.8) is 0 Å². The summed E-state index contributed by atoms with van der Waals surface area (Å²) < 4.78 is 13.1. The fraction of sp³-hybridized carbons (Fsp3) is 0.222. The van der Waals surface area contributed by atoms with Crippen molar-refractivity contribution in [2.45, 2.75) is 25.8 Å². The molecule has 0 spiro atoms. The fourth-order valence-corrected chi connectivity index (χ4v) is 2.38. The van der Waals surface area contributed by atoms with Crippen molar-refractivity contribution in [3.8, 4) is 0 Å². The number of carbonyl (C=O) groups is 2. The van der Waals surface area contributed by atoms with Crippen molar-refractivity contribution in [1.82, 2.24) is 5.32 Å². The summed E-state index contributed by atoms with van der Waals surface area (Å²) in [7, 11) is 0. The van der Waals surface area contributed by atoms with Gasteiger partial charge in [0.15, 0.2) is 0 Å². The number of hydrogen-bond acceptors (Lipinski definition) is 2. The predicted molar refractivity (Wildman–Crippen MR) is 86.1 cm³/mol. The van der Waals surface area contributed by atoms with E-state index in [1.807, 2.05) is 31.2 Å². The Hall–Kier alpha value is -2.69. The average Bonchev–Trinajstić information content (AvgIpc) is 2.46. The van der Waals surface area contributed by atoms with Crippen molar-refractivity contribution in [2.24, 2.45) is 5.73 Å². The van der Waals surface area contributed by atoms with Crippen LogP contribution in [-0.4, -0.2) is 17.9 Å². The Labute approximate surface area is 134 Å². The Morgan fingerprint density at radius 2 is 1.83 bits per heavy atom. The normalized spacial score (nSPS) is 11.7. The Balaban J connectivity index is 2.01. The van der Waals surface area contributed by atoms with Crippen molar-refractivity contribution in [3.05, 3.63) is 71.0 Å². The highest BCUT2D eigenvalue weighted by Gasteiger charge is 2.18. The van der Waals surface area contributed by atoms with Crippen molar-refractivity contribution in [2.75, 3.05) is 0 Å². The topological polar surface area (TPSA) is 72.2 Å². The quantitative estimate of drug-likeness (QED) is 0.854. The van der Waals surface area contributed by atoms with E-state index in [0.717, 1.165) is 11.1 Å². The van der Waals surface area contributed by atoms with E-state index in [2.05, 4.69) is 5.32 Å². The Bertz CT molecular complexity index is 716. The molecule has 2 rings (SSSR count). The second kappa shape index (κ2) is 7.54. The van der Waals surface area contributed by atoms with Crippen LogP contribution in [-0.2, 0) is 22.4 Å².